The standard InChI is InChI=1S/C21H22N2O6S/c1-14-20(15-8-10-17(28-2)11-9-15)30(26,27)23(21(14)25)13-19(24)22-12-16-6-4-5-7-18(16)29-3/h4-11H,12-13H2,1-3H3,(H,22,24). The Hall–Kier alpha value is -3.33. The fraction of sp³-hybridized carbons (Fsp3) is 0.238. The number of rotatable bonds is 7. The summed E-state index contributed by atoms with van der Waals surface area (Å²) in [5, 5.41) is 2.63. The zero-order chi connectivity index (χ0) is 21.9. The SMILES string of the molecule is COc1ccc(C2=C(C)C(=O)N(CC(=O)NCc3ccccc3OC)S2(=O)=O)cc1. The molecule has 2 aromatic rings. The molecule has 1 aliphatic rings. The van der Waals surface area contributed by atoms with Crippen LogP contribution in [0.2, 0.25) is 0 Å². The molecule has 30 heavy (non-hydrogen) atoms. The van der Waals surface area contributed by atoms with Gasteiger partial charge in [0.2, 0.25) is 5.91 Å². The number of para-hydroxylation sites is 1. The number of hydrogen-bond donors (Lipinski definition) is 1. The number of carbonyl (C=O) groups excluding carboxylic acids is 2. The predicted molar refractivity (Wildman–Crippen MR) is 111 cm³/mol. The van der Waals surface area contributed by atoms with Gasteiger partial charge in [-0.05, 0) is 42.8 Å². The molecule has 0 spiro atoms. The number of ether oxygens (including phenoxy) is 2. The Morgan fingerprint density at radius 3 is 2.33 bits per heavy atom. The molecule has 0 aliphatic carbocycles. The molecule has 8 nitrogen and oxygen atoms in total. The minimum absolute atomic E-state index is 0.0673. The third-order valence-electron chi connectivity index (χ3n) is 4.74. The van der Waals surface area contributed by atoms with Gasteiger partial charge < -0.3 is 14.8 Å². The van der Waals surface area contributed by atoms with Crippen LogP contribution < -0.4 is 14.8 Å². The molecule has 0 atom stereocenters. The monoisotopic (exact) mass is 430 g/mol. The van der Waals surface area contributed by atoms with Gasteiger partial charge >= 0.3 is 0 Å². The molecule has 158 valence electrons. The van der Waals surface area contributed by atoms with E-state index in [1.165, 1.54) is 21.1 Å². The fourth-order valence-electron chi connectivity index (χ4n) is 3.19. The zero-order valence-electron chi connectivity index (χ0n) is 16.8. The van der Waals surface area contributed by atoms with Gasteiger partial charge in [0, 0.05) is 17.7 Å². The van der Waals surface area contributed by atoms with Gasteiger partial charge in [0.25, 0.3) is 15.9 Å². The molecule has 0 unspecified atom stereocenters. The summed E-state index contributed by atoms with van der Waals surface area (Å²) in [6, 6.07) is 13.5. The summed E-state index contributed by atoms with van der Waals surface area (Å²) in [5.41, 5.74) is 1.16. The second-order valence-corrected chi connectivity index (χ2v) is 8.39. The van der Waals surface area contributed by atoms with Crippen LogP contribution in [-0.4, -0.2) is 45.3 Å². The molecule has 2 amide bonds. The Labute approximate surface area is 175 Å². The first-order valence-electron chi connectivity index (χ1n) is 9.10. The molecule has 0 saturated carbocycles. The molecular weight excluding hydrogens is 408 g/mol. The van der Waals surface area contributed by atoms with E-state index in [4.69, 9.17) is 9.47 Å². The second kappa shape index (κ2) is 8.58. The quantitative estimate of drug-likeness (QED) is 0.720. The highest BCUT2D eigenvalue weighted by Crippen LogP contribution is 2.35. The molecule has 9 heteroatoms. The third-order valence-corrected chi connectivity index (χ3v) is 6.68. The van der Waals surface area contributed by atoms with E-state index in [1.54, 1.807) is 48.5 Å². The maximum absolute atomic E-state index is 13.0. The first kappa shape index (κ1) is 21.4. The van der Waals surface area contributed by atoms with Crippen LogP contribution in [-0.2, 0) is 26.2 Å². The summed E-state index contributed by atoms with van der Waals surface area (Å²) in [6.45, 7) is 0.974. The van der Waals surface area contributed by atoms with Crippen LogP contribution in [0.25, 0.3) is 4.91 Å². The summed E-state index contributed by atoms with van der Waals surface area (Å²) < 4.78 is 36.9. The molecule has 0 radical (unpaired) electrons. The number of nitrogens with zero attached hydrogens (tertiary/aromatic N) is 1. The van der Waals surface area contributed by atoms with Gasteiger partial charge in [-0.3, -0.25) is 9.59 Å². The van der Waals surface area contributed by atoms with Crippen molar-refractivity contribution in [3.05, 3.63) is 65.2 Å². The van der Waals surface area contributed by atoms with E-state index in [0.29, 0.717) is 21.4 Å². The highest BCUT2D eigenvalue weighted by Gasteiger charge is 2.43. The van der Waals surface area contributed by atoms with Crippen molar-refractivity contribution in [1.82, 2.24) is 9.62 Å². The van der Waals surface area contributed by atoms with Crippen LogP contribution in [0.15, 0.2) is 54.1 Å². The molecule has 1 heterocycles. The van der Waals surface area contributed by atoms with Crippen molar-refractivity contribution >= 4 is 26.7 Å². The number of nitrogens with one attached hydrogen (secondary N) is 1. The second-order valence-electron chi connectivity index (χ2n) is 6.59. The topological polar surface area (TPSA) is 102 Å². The largest absolute Gasteiger partial charge is 0.497 e. The lowest BCUT2D eigenvalue weighted by atomic mass is 10.1. The fourth-order valence-corrected chi connectivity index (χ4v) is 4.96. The molecule has 1 N–H and O–H groups in total. The van der Waals surface area contributed by atoms with Crippen molar-refractivity contribution in [2.24, 2.45) is 0 Å². The Morgan fingerprint density at radius 2 is 1.70 bits per heavy atom. The zero-order valence-corrected chi connectivity index (χ0v) is 17.7. The van der Waals surface area contributed by atoms with Crippen molar-refractivity contribution in [3.8, 4) is 11.5 Å². The van der Waals surface area contributed by atoms with E-state index < -0.39 is 28.4 Å². The van der Waals surface area contributed by atoms with Crippen LogP contribution in [0.1, 0.15) is 18.1 Å². The van der Waals surface area contributed by atoms with E-state index >= 15 is 0 Å². The van der Waals surface area contributed by atoms with E-state index in [9.17, 15) is 18.0 Å². The van der Waals surface area contributed by atoms with Crippen molar-refractivity contribution in [2.75, 3.05) is 20.8 Å². The van der Waals surface area contributed by atoms with Gasteiger partial charge in [-0.15, -0.1) is 0 Å². The summed E-state index contributed by atoms with van der Waals surface area (Å²) in [6.07, 6.45) is 0. The number of methoxy groups -OCH3 is 2. The van der Waals surface area contributed by atoms with Crippen LogP contribution in [0.5, 0.6) is 11.5 Å². The van der Waals surface area contributed by atoms with Crippen molar-refractivity contribution in [1.29, 1.82) is 0 Å². The predicted octanol–water partition coefficient (Wildman–Crippen LogP) is 1.92. The number of amides is 2. The van der Waals surface area contributed by atoms with E-state index in [2.05, 4.69) is 5.32 Å². The lowest BCUT2D eigenvalue weighted by Gasteiger charge is -2.17. The summed E-state index contributed by atoms with van der Waals surface area (Å²) in [4.78, 5) is 24.9. The van der Waals surface area contributed by atoms with E-state index in [1.807, 2.05) is 0 Å². The van der Waals surface area contributed by atoms with Gasteiger partial charge in [0.1, 0.15) is 22.9 Å². The Balaban J connectivity index is 1.75. The Morgan fingerprint density at radius 1 is 1.03 bits per heavy atom. The van der Waals surface area contributed by atoms with Gasteiger partial charge in [0.05, 0.1) is 14.2 Å². The van der Waals surface area contributed by atoms with Crippen molar-refractivity contribution in [2.45, 2.75) is 13.5 Å². The van der Waals surface area contributed by atoms with E-state index in [0.717, 1.165) is 5.56 Å². The molecule has 1 aliphatic heterocycles. The van der Waals surface area contributed by atoms with Crippen molar-refractivity contribution in [3.63, 3.8) is 0 Å². The first-order valence-corrected chi connectivity index (χ1v) is 10.5. The highest BCUT2D eigenvalue weighted by atomic mass is 32.2. The van der Waals surface area contributed by atoms with Gasteiger partial charge in [-0.1, -0.05) is 18.2 Å². The highest BCUT2D eigenvalue weighted by molar-refractivity contribution is 7.99. The maximum atomic E-state index is 13.0. The minimum Gasteiger partial charge on any atom is -0.497 e. The summed E-state index contributed by atoms with van der Waals surface area (Å²) >= 11 is 0. The van der Waals surface area contributed by atoms with Gasteiger partial charge in [0.15, 0.2) is 0 Å². The smallest absolute Gasteiger partial charge is 0.268 e. The molecule has 0 fully saturated rings. The average Bonchev–Trinajstić information content (AvgIpc) is 2.91. The van der Waals surface area contributed by atoms with Gasteiger partial charge in [-0.2, -0.15) is 0 Å². The summed E-state index contributed by atoms with van der Waals surface area (Å²) in [7, 11) is -1.13. The van der Waals surface area contributed by atoms with Crippen LogP contribution in [0.4, 0.5) is 0 Å². The summed E-state index contributed by atoms with van der Waals surface area (Å²) in [5.74, 6) is -0.150. The van der Waals surface area contributed by atoms with Crippen molar-refractivity contribution < 1.29 is 27.5 Å². The molecule has 3 rings (SSSR count). The molecule has 0 bridgehead atoms. The lowest BCUT2D eigenvalue weighted by Crippen LogP contribution is -2.40. The van der Waals surface area contributed by atoms with Crippen LogP contribution >= 0.6 is 0 Å². The Bertz CT molecular complexity index is 1110. The molecule has 0 aromatic heterocycles. The van der Waals surface area contributed by atoms with Crippen LogP contribution in [0.3, 0.4) is 0 Å². The number of benzene rings is 2. The maximum Gasteiger partial charge on any atom is 0.268 e. The average molecular weight is 430 g/mol. The van der Waals surface area contributed by atoms with E-state index in [-0.39, 0.29) is 17.0 Å². The normalized spacial score (nSPS) is 15.3. The van der Waals surface area contributed by atoms with Gasteiger partial charge in [-0.25, -0.2) is 12.7 Å². The minimum atomic E-state index is -4.15. The number of hydrogen-bond acceptors (Lipinski definition) is 6. The number of carbonyl (C=O) groups is 2. The van der Waals surface area contributed by atoms with Crippen LogP contribution in [0, 0.1) is 0 Å². The number of sulfonamides is 1. The Kier molecular flexibility index (Phi) is 6.12. The molecule has 0 saturated heterocycles. The molecular formula is C21H22N2O6S. The third kappa shape index (κ3) is 4.02. The lowest BCUT2D eigenvalue weighted by molar-refractivity contribution is -0.128. The molecule has 2 aromatic carbocycles. The first-order chi connectivity index (χ1) is 14.3.